The van der Waals surface area contributed by atoms with Gasteiger partial charge in [0.05, 0.1) is 11.6 Å². The van der Waals surface area contributed by atoms with Crippen molar-refractivity contribution in [2.75, 3.05) is 19.6 Å². The number of hydrogen-bond donors (Lipinski definition) is 1. The van der Waals surface area contributed by atoms with Gasteiger partial charge in [-0.15, -0.1) is 0 Å². The maximum absolute atomic E-state index is 12.9. The Hall–Kier alpha value is -1.85. The molecule has 6 nitrogen and oxygen atoms in total. The molecule has 2 fully saturated rings. The second-order valence-electron chi connectivity index (χ2n) is 7.49. The SMILES string of the molecule is Cc1cc(C2CCN(C(=O)C3CNC(=O)CC3(C)C)CC2)on1. The Morgan fingerprint density at radius 2 is 2.09 bits per heavy atom. The first-order valence-electron chi connectivity index (χ1n) is 8.35. The molecule has 1 aromatic heterocycles. The first-order chi connectivity index (χ1) is 10.9. The zero-order valence-electron chi connectivity index (χ0n) is 14.1. The number of nitrogens with one attached hydrogen (secondary N) is 1. The topological polar surface area (TPSA) is 75.4 Å². The van der Waals surface area contributed by atoms with Gasteiger partial charge in [0.25, 0.3) is 0 Å². The third kappa shape index (κ3) is 3.26. The van der Waals surface area contributed by atoms with E-state index in [2.05, 4.69) is 10.5 Å². The van der Waals surface area contributed by atoms with Crippen molar-refractivity contribution in [3.8, 4) is 0 Å². The highest BCUT2D eigenvalue weighted by molar-refractivity contribution is 5.85. The van der Waals surface area contributed by atoms with Gasteiger partial charge in [-0.1, -0.05) is 19.0 Å². The molecule has 0 saturated carbocycles. The zero-order chi connectivity index (χ0) is 16.6. The number of carbonyl (C=O) groups is 2. The summed E-state index contributed by atoms with van der Waals surface area (Å²) in [4.78, 5) is 26.4. The van der Waals surface area contributed by atoms with Crippen LogP contribution >= 0.6 is 0 Å². The van der Waals surface area contributed by atoms with E-state index in [0.717, 1.165) is 37.4 Å². The van der Waals surface area contributed by atoms with E-state index in [0.29, 0.717) is 18.9 Å². The highest BCUT2D eigenvalue weighted by Gasteiger charge is 2.42. The molecule has 2 aliphatic heterocycles. The molecule has 1 unspecified atom stereocenters. The van der Waals surface area contributed by atoms with Crippen LogP contribution in [0, 0.1) is 18.3 Å². The molecule has 0 spiro atoms. The van der Waals surface area contributed by atoms with Gasteiger partial charge < -0.3 is 14.7 Å². The Balaban J connectivity index is 1.61. The molecule has 0 radical (unpaired) electrons. The number of aryl methyl sites for hydroxylation is 1. The highest BCUT2D eigenvalue weighted by atomic mass is 16.5. The van der Waals surface area contributed by atoms with E-state index >= 15 is 0 Å². The molecule has 23 heavy (non-hydrogen) atoms. The zero-order valence-corrected chi connectivity index (χ0v) is 14.1. The lowest BCUT2D eigenvalue weighted by Crippen LogP contribution is -2.53. The molecule has 2 amide bonds. The number of amides is 2. The number of carbonyl (C=O) groups excluding carboxylic acids is 2. The molecular weight excluding hydrogens is 294 g/mol. The molecule has 6 heteroatoms. The molecule has 0 bridgehead atoms. The van der Waals surface area contributed by atoms with Gasteiger partial charge in [-0.3, -0.25) is 9.59 Å². The molecule has 0 aliphatic carbocycles. The van der Waals surface area contributed by atoms with Crippen LogP contribution in [0.4, 0.5) is 0 Å². The molecule has 1 N–H and O–H groups in total. The summed E-state index contributed by atoms with van der Waals surface area (Å²) in [6.07, 6.45) is 2.22. The summed E-state index contributed by atoms with van der Waals surface area (Å²) < 4.78 is 5.36. The van der Waals surface area contributed by atoms with Gasteiger partial charge in [0.1, 0.15) is 5.76 Å². The Labute approximate surface area is 136 Å². The van der Waals surface area contributed by atoms with Crippen LogP contribution in [0.1, 0.15) is 50.5 Å². The minimum absolute atomic E-state index is 0.0402. The number of nitrogens with zero attached hydrogens (tertiary/aromatic N) is 2. The van der Waals surface area contributed by atoms with Gasteiger partial charge in [-0.2, -0.15) is 0 Å². The quantitative estimate of drug-likeness (QED) is 0.902. The van der Waals surface area contributed by atoms with Crippen LogP contribution in [-0.2, 0) is 9.59 Å². The fourth-order valence-corrected chi connectivity index (χ4v) is 3.69. The molecule has 0 aromatic carbocycles. The third-order valence-electron chi connectivity index (χ3n) is 5.22. The van der Waals surface area contributed by atoms with Gasteiger partial charge in [0, 0.05) is 38.0 Å². The molecule has 2 aliphatic rings. The van der Waals surface area contributed by atoms with E-state index in [1.165, 1.54) is 0 Å². The van der Waals surface area contributed by atoms with Crippen molar-refractivity contribution < 1.29 is 14.1 Å². The van der Waals surface area contributed by atoms with Crippen LogP contribution in [0.2, 0.25) is 0 Å². The van der Waals surface area contributed by atoms with E-state index in [4.69, 9.17) is 4.52 Å². The minimum atomic E-state index is -0.279. The van der Waals surface area contributed by atoms with Gasteiger partial charge in [0.15, 0.2) is 0 Å². The summed E-state index contributed by atoms with van der Waals surface area (Å²) in [6.45, 7) is 7.88. The average Bonchev–Trinajstić information content (AvgIpc) is 2.92. The van der Waals surface area contributed by atoms with Gasteiger partial charge >= 0.3 is 0 Å². The van der Waals surface area contributed by atoms with Crippen molar-refractivity contribution in [3.63, 3.8) is 0 Å². The molecule has 1 atom stereocenters. The number of likely N-dealkylation sites (tertiary alicyclic amines) is 1. The van der Waals surface area contributed by atoms with E-state index in [9.17, 15) is 9.59 Å². The van der Waals surface area contributed by atoms with Crippen molar-refractivity contribution in [1.29, 1.82) is 0 Å². The number of aromatic nitrogens is 1. The lowest BCUT2D eigenvalue weighted by Gasteiger charge is -2.41. The van der Waals surface area contributed by atoms with Crippen molar-refractivity contribution >= 4 is 11.8 Å². The Morgan fingerprint density at radius 1 is 1.39 bits per heavy atom. The maximum Gasteiger partial charge on any atom is 0.228 e. The van der Waals surface area contributed by atoms with E-state index in [1.54, 1.807) is 0 Å². The summed E-state index contributed by atoms with van der Waals surface area (Å²) in [6, 6.07) is 1.99. The maximum atomic E-state index is 12.9. The summed E-state index contributed by atoms with van der Waals surface area (Å²) in [5.41, 5.74) is 0.622. The summed E-state index contributed by atoms with van der Waals surface area (Å²) >= 11 is 0. The summed E-state index contributed by atoms with van der Waals surface area (Å²) in [5.74, 6) is 1.35. The van der Waals surface area contributed by atoms with Crippen molar-refractivity contribution in [2.45, 2.75) is 46.0 Å². The number of piperidine rings is 2. The van der Waals surface area contributed by atoms with E-state index < -0.39 is 0 Å². The molecule has 1 aromatic rings. The summed E-state index contributed by atoms with van der Waals surface area (Å²) in [7, 11) is 0. The largest absolute Gasteiger partial charge is 0.361 e. The van der Waals surface area contributed by atoms with Crippen LogP contribution in [0.3, 0.4) is 0 Å². The Bertz CT molecular complexity index is 600. The lowest BCUT2D eigenvalue weighted by atomic mass is 9.72. The van der Waals surface area contributed by atoms with Crippen LogP contribution < -0.4 is 5.32 Å². The number of rotatable bonds is 2. The molecule has 2 saturated heterocycles. The predicted octanol–water partition coefficient (Wildman–Crippen LogP) is 1.85. The van der Waals surface area contributed by atoms with Gasteiger partial charge in [-0.25, -0.2) is 0 Å². The van der Waals surface area contributed by atoms with Crippen molar-refractivity contribution in [3.05, 3.63) is 17.5 Å². The second-order valence-corrected chi connectivity index (χ2v) is 7.49. The molecular formula is C17H25N3O3. The predicted molar refractivity (Wildman–Crippen MR) is 84.7 cm³/mol. The standard InChI is InChI=1S/C17H25N3O3/c1-11-8-14(23-19-11)12-4-6-20(7-5-12)16(22)13-10-18-15(21)9-17(13,2)3/h8,12-13H,4-7,9-10H2,1-3H3,(H,18,21). The molecule has 126 valence electrons. The van der Waals surface area contributed by atoms with Crippen LogP contribution in [0.5, 0.6) is 0 Å². The van der Waals surface area contributed by atoms with Crippen molar-refractivity contribution in [2.24, 2.45) is 11.3 Å². The van der Waals surface area contributed by atoms with E-state index in [1.807, 2.05) is 31.7 Å². The molecule has 3 heterocycles. The first-order valence-corrected chi connectivity index (χ1v) is 8.35. The van der Waals surface area contributed by atoms with Gasteiger partial charge in [-0.05, 0) is 25.2 Å². The first kappa shape index (κ1) is 16.0. The fraction of sp³-hybridized carbons (Fsp3) is 0.706. The van der Waals surface area contributed by atoms with E-state index in [-0.39, 0.29) is 23.1 Å². The smallest absolute Gasteiger partial charge is 0.228 e. The number of hydrogen-bond acceptors (Lipinski definition) is 4. The highest BCUT2D eigenvalue weighted by Crippen LogP contribution is 2.36. The van der Waals surface area contributed by atoms with Crippen molar-refractivity contribution in [1.82, 2.24) is 15.4 Å². The minimum Gasteiger partial charge on any atom is -0.361 e. The normalized spacial score (nSPS) is 25.3. The molecule has 3 rings (SSSR count). The van der Waals surface area contributed by atoms with Crippen LogP contribution in [0.15, 0.2) is 10.6 Å². The third-order valence-corrected chi connectivity index (χ3v) is 5.22. The fourth-order valence-electron chi connectivity index (χ4n) is 3.69. The average molecular weight is 319 g/mol. The monoisotopic (exact) mass is 319 g/mol. The lowest BCUT2D eigenvalue weighted by molar-refractivity contribution is -0.144. The Morgan fingerprint density at radius 3 is 2.65 bits per heavy atom. The van der Waals surface area contributed by atoms with Crippen LogP contribution in [0.25, 0.3) is 0 Å². The Kier molecular flexibility index (Phi) is 4.17. The van der Waals surface area contributed by atoms with Gasteiger partial charge in [0.2, 0.25) is 11.8 Å². The summed E-state index contributed by atoms with van der Waals surface area (Å²) in [5, 5.41) is 6.79. The van der Waals surface area contributed by atoms with Crippen LogP contribution in [-0.4, -0.2) is 41.5 Å². The second kappa shape index (κ2) is 5.98.